The third-order valence-electron chi connectivity index (χ3n) is 4.85. The summed E-state index contributed by atoms with van der Waals surface area (Å²) in [5, 5.41) is 2.98. The first-order valence-electron chi connectivity index (χ1n) is 8.87. The van der Waals surface area contributed by atoms with Crippen LogP contribution in [-0.4, -0.2) is 49.1 Å². The van der Waals surface area contributed by atoms with Gasteiger partial charge in [-0.15, -0.1) is 0 Å². The number of aryl methyl sites for hydroxylation is 1. The Balaban J connectivity index is 1.37. The van der Waals surface area contributed by atoms with Gasteiger partial charge in [0.2, 0.25) is 5.91 Å². The van der Waals surface area contributed by atoms with Crippen LogP contribution in [0.2, 0.25) is 0 Å². The molecular formula is C18H26N2O4. The van der Waals surface area contributed by atoms with Gasteiger partial charge in [-0.25, -0.2) is 0 Å². The topological polar surface area (TPSA) is 71.8 Å². The minimum atomic E-state index is -0.257. The lowest BCUT2D eigenvalue weighted by Gasteiger charge is -2.32. The summed E-state index contributed by atoms with van der Waals surface area (Å²) in [6, 6.07) is 3.87. The molecule has 2 saturated heterocycles. The second-order valence-corrected chi connectivity index (χ2v) is 6.65. The fourth-order valence-electron chi connectivity index (χ4n) is 3.41. The molecule has 1 aromatic heterocycles. The Bertz CT molecular complexity index is 569. The summed E-state index contributed by atoms with van der Waals surface area (Å²) in [5.41, 5.74) is 0. The van der Waals surface area contributed by atoms with E-state index < -0.39 is 0 Å². The first-order valence-corrected chi connectivity index (χ1v) is 8.87. The van der Waals surface area contributed by atoms with Crippen molar-refractivity contribution in [2.24, 2.45) is 5.92 Å². The zero-order chi connectivity index (χ0) is 16.9. The van der Waals surface area contributed by atoms with E-state index in [4.69, 9.17) is 9.15 Å². The van der Waals surface area contributed by atoms with Crippen LogP contribution in [-0.2, 0) is 20.7 Å². The Morgan fingerprint density at radius 3 is 2.67 bits per heavy atom. The van der Waals surface area contributed by atoms with Gasteiger partial charge in [-0.05, 0) is 44.7 Å². The van der Waals surface area contributed by atoms with E-state index in [1.165, 1.54) is 0 Å². The molecule has 3 rings (SSSR count). The normalized spacial score (nSPS) is 21.9. The van der Waals surface area contributed by atoms with Crippen molar-refractivity contribution in [3.8, 4) is 0 Å². The smallest absolute Gasteiger partial charge is 0.251 e. The van der Waals surface area contributed by atoms with E-state index in [2.05, 4.69) is 5.32 Å². The van der Waals surface area contributed by atoms with Crippen LogP contribution >= 0.6 is 0 Å². The summed E-state index contributed by atoms with van der Waals surface area (Å²) >= 11 is 0. The standard InChI is InChI=1S/C18H26N2O4/c1-13-4-5-15(24-13)6-9-19-17(21)14-7-10-20(11-8-14)18(22)16-3-2-12-23-16/h4-5,14,16H,2-3,6-12H2,1H3,(H,19,21)/t16-/m1/s1. The molecule has 6 heteroatoms. The molecule has 0 aromatic carbocycles. The highest BCUT2D eigenvalue weighted by Crippen LogP contribution is 2.21. The molecule has 1 aromatic rings. The maximum absolute atomic E-state index is 12.3. The Kier molecular flexibility index (Phi) is 5.56. The first kappa shape index (κ1) is 17.0. The number of likely N-dealkylation sites (tertiary alicyclic amines) is 1. The summed E-state index contributed by atoms with van der Waals surface area (Å²) in [5.74, 6) is 1.96. The van der Waals surface area contributed by atoms with E-state index in [0.29, 0.717) is 32.7 Å². The van der Waals surface area contributed by atoms with Gasteiger partial charge < -0.3 is 19.4 Å². The fourth-order valence-corrected chi connectivity index (χ4v) is 3.41. The van der Waals surface area contributed by atoms with Gasteiger partial charge >= 0.3 is 0 Å². The third-order valence-corrected chi connectivity index (χ3v) is 4.85. The zero-order valence-electron chi connectivity index (χ0n) is 14.3. The quantitative estimate of drug-likeness (QED) is 0.889. The SMILES string of the molecule is Cc1ccc(CCNC(=O)C2CCN(C(=O)[C@H]3CCCO3)CC2)o1. The molecule has 6 nitrogen and oxygen atoms in total. The number of amides is 2. The monoisotopic (exact) mass is 334 g/mol. The largest absolute Gasteiger partial charge is 0.466 e. The molecule has 2 fully saturated rings. The van der Waals surface area contributed by atoms with Crippen molar-refractivity contribution in [1.29, 1.82) is 0 Å². The number of carbonyl (C=O) groups excluding carboxylic acids is 2. The number of ether oxygens (including phenoxy) is 1. The van der Waals surface area contributed by atoms with Gasteiger partial charge in [-0.1, -0.05) is 0 Å². The first-order chi connectivity index (χ1) is 11.6. The zero-order valence-corrected chi connectivity index (χ0v) is 14.3. The predicted molar refractivity (Wildman–Crippen MR) is 88.4 cm³/mol. The number of carbonyl (C=O) groups is 2. The highest BCUT2D eigenvalue weighted by molar-refractivity contribution is 5.82. The van der Waals surface area contributed by atoms with E-state index in [9.17, 15) is 9.59 Å². The lowest BCUT2D eigenvalue weighted by atomic mass is 9.95. The molecule has 24 heavy (non-hydrogen) atoms. The molecule has 3 heterocycles. The Morgan fingerprint density at radius 2 is 2.04 bits per heavy atom. The van der Waals surface area contributed by atoms with Crippen molar-refractivity contribution in [3.05, 3.63) is 23.7 Å². The fraction of sp³-hybridized carbons (Fsp3) is 0.667. The van der Waals surface area contributed by atoms with Crippen molar-refractivity contribution in [1.82, 2.24) is 10.2 Å². The van der Waals surface area contributed by atoms with Gasteiger partial charge in [0.05, 0.1) is 0 Å². The second kappa shape index (κ2) is 7.83. The Hall–Kier alpha value is -1.82. The average Bonchev–Trinajstić information content (AvgIpc) is 3.26. The minimum absolute atomic E-state index is 0.00289. The summed E-state index contributed by atoms with van der Waals surface area (Å²) in [4.78, 5) is 26.4. The van der Waals surface area contributed by atoms with Gasteiger partial charge in [-0.3, -0.25) is 9.59 Å². The van der Waals surface area contributed by atoms with Crippen LogP contribution < -0.4 is 5.32 Å². The van der Waals surface area contributed by atoms with Crippen LogP contribution in [0.3, 0.4) is 0 Å². The summed E-state index contributed by atoms with van der Waals surface area (Å²) in [6.45, 7) is 4.47. The van der Waals surface area contributed by atoms with Crippen molar-refractivity contribution >= 4 is 11.8 Å². The highest BCUT2D eigenvalue weighted by atomic mass is 16.5. The number of hydrogen-bond donors (Lipinski definition) is 1. The van der Waals surface area contributed by atoms with Crippen LogP contribution in [0.1, 0.15) is 37.2 Å². The van der Waals surface area contributed by atoms with Crippen molar-refractivity contribution in [2.75, 3.05) is 26.2 Å². The number of piperidine rings is 1. The molecule has 2 amide bonds. The molecule has 0 bridgehead atoms. The molecule has 0 spiro atoms. The summed E-state index contributed by atoms with van der Waals surface area (Å²) in [7, 11) is 0. The molecule has 2 aliphatic rings. The number of rotatable bonds is 5. The maximum atomic E-state index is 12.3. The van der Waals surface area contributed by atoms with Gasteiger partial charge in [0.15, 0.2) is 0 Å². The number of hydrogen-bond acceptors (Lipinski definition) is 4. The average molecular weight is 334 g/mol. The molecule has 0 saturated carbocycles. The number of nitrogens with zero attached hydrogens (tertiary/aromatic N) is 1. The van der Waals surface area contributed by atoms with Crippen LogP contribution in [0, 0.1) is 12.8 Å². The molecule has 1 atom stereocenters. The van der Waals surface area contributed by atoms with E-state index in [-0.39, 0.29) is 23.8 Å². The number of nitrogens with one attached hydrogen (secondary N) is 1. The van der Waals surface area contributed by atoms with Gasteiger partial charge in [0.1, 0.15) is 17.6 Å². The van der Waals surface area contributed by atoms with E-state index in [0.717, 1.165) is 37.2 Å². The molecule has 132 valence electrons. The van der Waals surface area contributed by atoms with E-state index >= 15 is 0 Å². The molecular weight excluding hydrogens is 308 g/mol. The molecule has 0 unspecified atom stereocenters. The summed E-state index contributed by atoms with van der Waals surface area (Å²) in [6.07, 6.45) is 3.69. The van der Waals surface area contributed by atoms with Crippen LogP contribution in [0.5, 0.6) is 0 Å². The summed E-state index contributed by atoms with van der Waals surface area (Å²) < 4.78 is 11.0. The third kappa shape index (κ3) is 4.17. The molecule has 2 aliphatic heterocycles. The van der Waals surface area contributed by atoms with E-state index in [1.807, 2.05) is 24.0 Å². The Morgan fingerprint density at radius 1 is 1.25 bits per heavy atom. The van der Waals surface area contributed by atoms with Crippen LogP contribution in [0.25, 0.3) is 0 Å². The molecule has 0 radical (unpaired) electrons. The lowest BCUT2D eigenvalue weighted by Crippen LogP contribution is -2.46. The predicted octanol–water partition coefficient (Wildman–Crippen LogP) is 1.66. The van der Waals surface area contributed by atoms with Gasteiger partial charge in [0, 0.05) is 38.6 Å². The molecule has 1 N–H and O–H groups in total. The minimum Gasteiger partial charge on any atom is -0.466 e. The Labute approximate surface area is 142 Å². The number of furan rings is 1. The highest BCUT2D eigenvalue weighted by Gasteiger charge is 2.32. The molecule has 0 aliphatic carbocycles. The van der Waals surface area contributed by atoms with Crippen LogP contribution in [0.15, 0.2) is 16.5 Å². The van der Waals surface area contributed by atoms with Crippen LogP contribution in [0.4, 0.5) is 0 Å². The van der Waals surface area contributed by atoms with Crippen molar-refractivity contribution < 1.29 is 18.7 Å². The maximum Gasteiger partial charge on any atom is 0.251 e. The van der Waals surface area contributed by atoms with Crippen molar-refractivity contribution in [3.63, 3.8) is 0 Å². The van der Waals surface area contributed by atoms with Gasteiger partial charge in [0.25, 0.3) is 5.91 Å². The lowest BCUT2D eigenvalue weighted by molar-refractivity contribution is -0.143. The van der Waals surface area contributed by atoms with E-state index in [1.54, 1.807) is 0 Å². The van der Waals surface area contributed by atoms with Crippen molar-refractivity contribution in [2.45, 2.75) is 45.1 Å². The second-order valence-electron chi connectivity index (χ2n) is 6.65. The van der Waals surface area contributed by atoms with Gasteiger partial charge in [-0.2, -0.15) is 0 Å².